The summed E-state index contributed by atoms with van der Waals surface area (Å²) in [6.07, 6.45) is 1.45. The summed E-state index contributed by atoms with van der Waals surface area (Å²) < 4.78 is 11.0. The lowest BCUT2D eigenvalue weighted by molar-refractivity contribution is 0.0732. The van der Waals surface area contributed by atoms with Crippen LogP contribution in [0.5, 0.6) is 11.5 Å². The number of nitriles is 1. The molecule has 0 aliphatic heterocycles. The van der Waals surface area contributed by atoms with Crippen LogP contribution < -0.4 is 15.0 Å². The largest absolute Gasteiger partial charge is 0.489 e. The van der Waals surface area contributed by atoms with Crippen molar-refractivity contribution in [1.29, 1.82) is 5.26 Å². The van der Waals surface area contributed by atoms with Crippen molar-refractivity contribution in [3.05, 3.63) is 93.4 Å². The highest BCUT2D eigenvalue weighted by Crippen LogP contribution is 2.27. The van der Waals surface area contributed by atoms with E-state index in [1.54, 1.807) is 30.3 Å². The first kappa shape index (κ1) is 20.9. The first-order chi connectivity index (χ1) is 14.3. The van der Waals surface area contributed by atoms with Crippen molar-refractivity contribution in [1.82, 2.24) is 4.98 Å². The van der Waals surface area contributed by atoms with Gasteiger partial charge in [-0.05, 0) is 59.0 Å². The minimum atomic E-state index is -0.728. The summed E-state index contributed by atoms with van der Waals surface area (Å²) in [7, 11) is 0. The number of H-pyrrole nitrogens is 1. The van der Waals surface area contributed by atoms with Crippen LogP contribution in [0, 0.1) is 11.3 Å². The van der Waals surface area contributed by atoms with E-state index in [1.807, 2.05) is 18.2 Å². The molecule has 0 aliphatic rings. The van der Waals surface area contributed by atoms with Crippen molar-refractivity contribution in [2.24, 2.45) is 0 Å². The molecule has 3 aromatic rings. The molecule has 30 heavy (non-hydrogen) atoms. The summed E-state index contributed by atoms with van der Waals surface area (Å²) >= 11 is 0. The molecule has 6 nitrogen and oxygen atoms in total. The maximum absolute atomic E-state index is 12.1. The number of hydrogen-bond acceptors (Lipinski definition) is 5. The van der Waals surface area contributed by atoms with Crippen molar-refractivity contribution in [3.63, 3.8) is 0 Å². The van der Waals surface area contributed by atoms with E-state index < -0.39 is 11.5 Å². The zero-order chi connectivity index (χ0) is 21.7. The van der Waals surface area contributed by atoms with Gasteiger partial charge in [-0.25, -0.2) is 4.79 Å². The van der Waals surface area contributed by atoms with Gasteiger partial charge in [-0.1, -0.05) is 32.9 Å². The number of pyridine rings is 1. The van der Waals surface area contributed by atoms with Crippen molar-refractivity contribution in [2.75, 3.05) is 0 Å². The SMILES string of the molecule is CC(C)(C)c1ccc(COc2ccc(OC(=O)c3ccc[nH]c3=O)cc2)cc1C#N. The van der Waals surface area contributed by atoms with Crippen LogP contribution in [-0.4, -0.2) is 11.0 Å². The second-order valence-corrected chi connectivity index (χ2v) is 7.80. The van der Waals surface area contributed by atoms with Crippen LogP contribution in [0.25, 0.3) is 0 Å². The van der Waals surface area contributed by atoms with Crippen molar-refractivity contribution in [3.8, 4) is 17.6 Å². The lowest BCUT2D eigenvalue weighted by Gasteiger charge is -2.21. The lowest BCUT2D eigenvalue weighted by Crippen LogP contribution is -2.20. The highest BCUT2D eigenvalue weighted by Gasteiger charge is 2.18. The van der Waals surface area contributed by atoms with Gasteiger partial charge >= 0.3 is 5.97 Å². The van der Waals surface area contributed by atoms with Gasteiger partial charge < -0.3 is 14.5 Å². The number of esters is 1. The van der Waals surface area contributed by atoms with Crippen LogP contribution in [0.4, 0.5) is 0 Å². The Hall–Kier alpha value is -3.85. The quantitative estimate of drug-likeness (QED) is 0.506. The number of carbonyl (C=O) groups is 1. The average molecular weight is 402 g/mol. The molecule has 2 aromatic carbocycles. The van der Waals surface area contributed by atoms with Crippen molar-refractivity contribution in [2.45, 2.75) is 32.8 Å². The third-order valence-corrected chi connectivity index (χ3v) is 4.49. The summed E-state index contributed by atoms with van der Waals surface area (Å²) in [6.45, 7) is 6.52. The predicted octanol–water partition coefficient (Wildman–Crippen LogP) is 4.34. The molecule has 3 rings (SSSR count). The summed E-state index contributed by atoms with van der Waals surface area (Å²) in [5.41, 5.74) is 1.85. The first-order valence-corrected chi connectivity index (χ1v) is 9.44. The van der Waals surface area contributed by atoms with Crippen LogP contribution in [0.15, 0.2) is 65.6 Å². The fraction of sp³-hybridized carbons (Fsp3) is 0.208. The van der Waals surface area contributed by atoms with Gasteiger partial charge in [-0.2, -0.15) is 5.26 Å². The molecule has 1 aromatic heterocycles. The number of nitrogens with zero attached hydrogens (tertiary/aromatic N) is 1. The van der Waals surface area contributed by atoms with Gasteiger partial charge in [-0.3, -0.25) is 4.79 Å². The molecule has 0 unspecified atom stereocenters. The van der Waals surface area contributed by atoms with E-state index in [1.165, 1.54) is 12.3 Å². The second-order valence-electron chi connectivity index (χ2n) is 7.80. The van der Waals surface area contributed by atoms with Gasteiger partial charge in [0.1, 0.15) is 23.7 Å². The highest BCUT2D eigenvalue weighted by atomic mass is 16.5. The number of aromatic nitrogens is 1. The molecule has 0 amide bonds. The number of ether oxygens (including phenoxy) is 2. The molecule has 1 N–H and O–H groups in total. The number of hydrogen-bond donors (Lipinski definition) is 1. The standard InChI is InChI=1S/C24H22N2O4/c1-24(2,3)21-11-6-16(13-17(21)14-25)15-29-18-7-9-19(10-8-18)30-23(28)20-5-4-12-26-22(20)27/h4-13H,15H2,1-3H3,(H,26,27). The number of aromatic amines is 1. The summed E-state index contributed by atoms with van der Waals surface area (Å²) in [5, 5.41) is 9.44. The minimum absolute atomic E-state index is 0.0650. The molecule has 0 radical (unpaired) electrons. The summed E-state index contributed by atoms with van der Waals surface area (Å²) in [6, 6.07) is 17.5. The maximum atomic E-state index is 12.1. The minimum Gasteiger partial charge on any atom is -0.489 e. The second kappa shape index (κ2) is 8.66. The van der Waals surface area contributed by atoms with Crippen molar-refractivity contribution < 1.29 is 14.3 Å². The molecule has 1 heterocycles. The first-order valence-electron chi connectivity index (χ1n) is 9.44. The third kappa shape index (κ3) is 4.95. The van der Waals surface area contributed by atoms with Crippen LogP contribution in [-0.2, 0) is 12.0 Å². The number of nitrogens with one attached hydrogen (secondary N) is 1. The Bertz CT molecular complexity index is 1150. The molecule has 0 spiro atoms. The van der Waals surface area contributed by atoms with Crippen molar-refractivity contribution >= 4 is 5.97 Å². The van der Waals surface area contributed by atoms with E-state index in [-0.39, 0.29) is 11.0 Å². The van der Waals surface area contributed by atoms with Crippen LogP contribution >= 0.6 is 0 Å². The van der Waals surface area contributed by atoms with E-state index in [4.69, 9.17) is 9.47 Å². The zero-order valence-electron chi connectivity index (χ0n) is 17.1. The molecule has 0 fully saturated rings. The van der Waals surface area contributed by atoms with Gasteiger partial charge in [0.15, 0.2) is 0 Å². The van der Waals surface area contributed by atoms with Gasteiger partial charge in [0, 0.05) is 6.20 Å². The van der Waals surface area contributed by atoms with E-state index in [9.17, 15) is 14.9 Å². The van der Waals surface area contributed by atoms with Gasteiger partial charge in [0.2, 0.25) is 0 Å². The molecule has 0 aliphatic carbocycles. The van der Waals surface area contributed by atoms with E-state index >= 15 is 0 Å². The molecular formula is C24H22N2O4. The zero-order valence-corrected chi connectivity index (χ0v) is 17.1. The molecule has 0 saturated heterocycles. The normalized spacial score (nSPS) is 10.9. The number of rotatable bonds is 5. The number of carbonyl (C=O) groups excluding carboxylic acids is 1. The van der Waals surface area contributed by atoms with Gasteiger partial charge in [0.05, 0.1) is 11.6 Å². The predicted molar refractivity (Wildman–Crippen MR) is 113 cm³/mol. The number of benzene rings is 2. The molecule has 152 valence electrons. The van der Waals surface area contributed by atoms with Crippen LogP contribution in [0.2, 0.25) is 0 Å². The topological polar surface area (TPSA) is 92.2 Å². The highest BCUT2D eigenvalue weighted by molar-refractivity contribution is 5.90. The molecule has 0 bridgehead atoms. The smallest absolute Gasteiger partial charge is 0.349 e. The van der Waals surface area contributed by atoms with Crippen LogP contribution in [0.3, 0.4) is 0 Å². The fourth-order valence-corrected chi connectivity index (χ4v) is 2.94. The van der Waals surface area contributed by atoms with Crippen LogP contribution in [0.1, 0.15) is 47.8 Å². The van der Waals surface area contributed by atoms with E-state index in [0.29, 0.717) is 23.7 Å². The Balaban J connectivity index is 1.64. The Labute approximate surface area is 174 Å². The monoisotopic (exact) mass is 402 g/mol. The summed E-state index contributed by atoms with van der Waals surface area (Å²) in [4.78, 5) is 26.2. The Morgan fingerprint density at radius 1 is 1.07 bits per heavy atom. The lowest BCUT2D eigenvalue weighted by atomic mass is 9.83. The summed E-state index contributed by atoms with van der Waals surface area (Å²) in [5.74, 6) is 0.163. The Morgan fingerprint density at radius 3 is 2.40 bits per heavy atom. The third-order valence-electron chi connectivity index (χ3n) is 4.49. The Morgan fingerprint density at radius 2 is 1.77 bits per heavy atom. The molecule has 0 atom stereocenters. The maximum Gasteiger partial charge on any atom is 0.349 e. The van der Waals surface area contributed by atoms with Gasteiger partial charge in [0.25, 0.3) is 5.56 Å². The fourth-order valence-electron chi connectivity index (χ4n) is 2.94. The average Bonchev–Trinajstić information content (AvgIpc) is 2.72. The molecule has 0 saturated carbocycles. The Kier molecular flexibility index (Phi) is 6.03. The molecular weight excluding hydrogens is 380 g/mol. The van der Waals surface area contributed by atoms with E-state index in [0.717, 1.165) is 11.1 Å². The van der Waals surface area contributed by atoms with E-state index in [2.05, 4.69) is 31.8 Å². The van der Waals surface area contributed by atoms with Gasteiger partial charge in [-0.15, -0.1) is 0 Å². The molecule has 6 heteroatoms.